The van der Waals surface area contributed by atoms with Crippen molar-refractivity contribution in [1.82, 2.24) is 10.6 Å². The number of hydrogen-bond donors (Lipinski definition) is 3. The second-order valence-corrected chi connectivity index (χ2v) is 5.49. The van der Waals surface area contributed by atoms with E-state index in [4.69, 9.17) is 4.74 Å². The van der Waals surface area contributed by atoms with Crippen LogP contribution < -0.4 is 10.6 Å². The summed E-state index contributed by atoms with van der Waals surface area (Å²) >= 11 is 0. The molecule has 0 bridgehead atoms. The van der Waals surface area contributed by atoms with Gasteiger partial charge < -0.3 is 20.5 Å². The highest BCUT2D eigenvalue weighted by molar-refractivity contribution is 5.75. The second kappa shape index (κ2) is 6.50. The first-order valence-electron chi connectivity index (χ1n) is 6.98. The summed E-state index contributed by atoms with van der Waals surface area (Å²) in [5, 5.41) is 16.2. The lowest BCUT2D eigenvalue weighted by molar-refractivity contribution is -0.122. The molecule has 0 radical (unpaired) electrons. The third-order valence-corrected chi connectivity index (χ3v) is 3.83. The first-order valence-corrected chi connectivity index (χ1v) is 6.98. The minimum absolute atomic E-state index is 0.0303. The van der Waals surface area contributed by atoms with Crippen LogP contribution in [0.5, 0.6) is 0 Å². The summed E-state index contributed by atoms with van der Waals surface area (Å²) < 4.78 is 5.14. The van der Waals surface area contributed by atoms with Crippen molar-refractivity contribution in [2.75, 3.05) is 26.3 Å². The number of hydrogen-bond acceptors (Lipinski definition) is 4. The maximum absolute atomic E-state index is 11.7. The van der Waals surface area contributed by atoms with E-state index >= 15 is 0 Å². The summed E-state index contributed by atoms with van der Waals surface area (Å²) in [5.41, 5.74) is -0.848. The number of carbonyl (C=O) groups excluding carboxylic acids is 1. The van der Waals surface area contributed by atoms with Crippen molar-refractivity contribution in [1.29, 1.82) is 0 Å². The summed E-state index contributed by atoms with van der Waals surface area (Å²) in [7, 11) is 0. The van der Waals surface area contributed by atoms with Crippen LogP contribution in [0, 0.1) is 0 Å². The van der Waals surface area contributed by atoms with Crippen molar-refractivity contribution in [3.8, 4) is 0 Å². The highest BCUT2D eigenvalue weighted by Gasteiger charge is 2.32. The van der Waals surface area contributed by atoms with E-state index < -0.39 is 5.60 Å². The molecule has 0 aliphatic carbocycles. The first kappa shape index (κ1) is 13.8. The van der Waals surface area contributed by atoms with Crippen LogP contribution in [0.1, 0.15) is 38.5 Å². The Kier molecular flexibility index (Phi) is 4.97. The van der Waals surface area contributed by atoms with E-state index in [1.165, 1.54) is 19.3 Å². The van der Waals surface area contributed by atoms with Gasteiger partial charge in [-0.2, -0.15) is 0 Å². The molecular weight excluding hydrogens is 232 g/mol. The molecule has 3 N–H and O–H groups in total. The standard InChI is InChI=1S/C13H24N2O3/c16-12(5-4-11-3-1-2-7-14-11)15-9-13(17)6-8-18-10-13/h11,14,17H,1-10H2,(H,15,16). The Labute approximate surface area is 108 Å². The largest absolute Gasteiger partial charge is 0.386 e. The van der Waals surface area contributed by atoms with Crippen molar-refractivity contribution in [3.63, 3.8) is 0 Å². The van der Waals surface area contributed by atoms with Gasteiger partial charge >= 0.3 is 0 Å². The summed E-state index contributed by atoms with van der Waals surface area (Å²) in [6, 6.07) is 0.488. The van der Waals surface area contributed by atoms with Gasteiger partial charge in [0, 0.05) is 32.0 Å². The average molecular weight is 256 g/mol. The maximum Gasteiger partial charge on any atom is 0.220 e. The molecule has 0 aromatic carbocycles. The third kappa shape index (κ3) is 4.23. The Morgan fingerprint density at radius 3 is 3.06 bits per heavy atom. The van der Waals surface area contributed by atoms with Gasteiger partial charge in [0.2, 0.25) is 5.91 Å². The predicted molar refractivity (Wildman–Crippen MR) is 68.3 cm³/mol. The summed E-state index contributed by atoms with van der Waals surface area (Å²) in [4.78, 5) is 11.7. The van der Waals surface area contributed by atoms with Gasteiger partial charge in [0.15, 0.2) is 0 Å². The summed E-state index contributed by atoms with van der Waals surface area (Å²) in [6.45, 7) is 2.29. The first-order chi connectivity index (χ1) is 8.68. The molecule has 2 heterocycles. The van der Waals surface area contributed by atoms with Crippen LogP contribution in [-0.4, -0.2) is 49.0 Å². The monoisotopic (exact) mass is 256 g/mol. The van der Waals surface area contributed by atoms with Crippen molar-refractivity contribution >= 4 is 5.91 Å². The van der Waals surface area contributed by atoms with Crippen LogP contribution in [0.4, 0.5) is 0 Å². The Balaban J connectivity index is 1.59. The molecule has 0 aromatic rings. The molecule has 2 atom stereocenters. The van der Waals surface area contributed by atoms with Crippen molar-refractivity contribution in [2.45, 2.75) is 50.2 Å². The Morgan fingerprint density at radius 2 is 2.39 bits per heavy atom. The highest BCUT2D eigenvalue weighted by atomic mass is 16.5. The number of rotatable bonds is 5. The smallest absolute Gasteiger partial charge is 0.220 e. The van der Waals surface area contributed by atoms with Crippen LogP contribution in [0.2, 0.25) is 0 Å². The van der Waals surface area contributed by atoms with Crippen molar-refractivity contribution in [2.24, 2.45) is 0 Å². The molecule has 2 aliphatic heterocycles. The number of amides is 1. The lowest BCUT2D eigenvalue weighted by Crippen LogP contribution is -2.43. The summed E-state index contributed by atoms with van der Waals surface area (Å²) in [5.74, 6) is 0.0303. The van der Waals surface area contributed by atoms with Crippen LogP contribution >= 0.6 is 0 Å². The average Bonchev–Trinajstić information content (AvgIpc) is 2.83. The molecule has 5 heteroatoms. The van der Waals surface area contributed by atoms with E-state index in [0.29, 0.717) is 38.6 Å². The van der Waals surface area contributed by atoms with Gasteiger partial charge in [-0.3, -0.25) is 4.79 Å². The van der Waals surface area contributed by atoms with E-state index in [9.17, 15) is 9.90 Å². The van der Waals surface area contributed by atoms with Crippen LogP contribution in [-0.2, 0) is 9.53 Å². The molecule has 2 rings (SSSR count). The lowest BCUT2D eigenvalue weighted by atomic mass is 10.00. The highest BCUT2D eigenvalue weighted by Crippen LogP contribution is 2.17. The number of aliphatic hydroxyl groups is 1. The number of ether oxygens (including phenoxy) is 1. The third-order valence-electron chi connectivity index (χ3n) is 3.83. The Hall–Kier alpha value is -0.650. The second-order valence-electron chi connectivity index (χ2n) is 5.49. The lowest BCUT2D eigenvalue weighted by Gasteiger charge is -2.24. The van der Waals surface area contributed by atoms with Gasteiger partial charge in [-0.1, -0.05) is 6.42 Å². The molecule has 0 spiro atoms. The van der Waals surface area contributed by atoms with Gasteiger partial charge in [0.05, 0.1) is 6.61 Å². The van der Waals surface area contributed by atoms with Gasteiger partial charge in [0.25, 0.3) is 0 Å². The molecule has 0 aromatic heterocycles. The molecule has 18 heavy (non-hydrogen) atoms. The molecular formula is C13H24N2O3. The molecule has 1 amide bonds. The fourth-order valence-corrected chi connectivity index (χ4v) is 2.56. The van der Waals surface area contributed by atoms with E-state index in [1.54, 1.807) is 0 Å². The fourth-order valence-electron chi connectivity index (χ4n) is 2.56. The zero-order valence-electron chi connectivity index (χ0n) is 10.9. The SMILES string of the molecule is O=C(CCC1CCCCN1)NCC1(O)CCOC1. The number of carbonyl (C=O) groups is 1. The van der Waals surface area contributed by atoms with Crippen LogP contribution in [0.3, 0.4) is 0 Å². The van der Waals surface area contributed by atoms with Gasteiger partial charge in [0.1, 0.15) is 5.60 Å². The quantitative estimate of drug-likeness (QED) is 0.656. The molecule has 2 aliphatic rings. The Bertz CT molecular complexity index is 271. The topological polar surface area (TPSA) is 70.6 Å². The predicted octanol–water partition coefficient (Wildman–Crippen LogP) is 0.176. The number of nitrogens with one attached hydrogen (secondary N) is 2. The minimum atomic E-state index is -0.848. The number of piperidine rings is 1. The van der Waals surface area contributed by atoms with Crippen molar-refractivity contribution < 1.29 is 14.6 Å². The van der Waals surface area contributed by atoms with E-state index in [-0.39, 0.29) is 5.91 Å². The minimum Gasteiger partial charge on any atom is -0.386 e. The molecule has 2 unspecified atom stereocenters. The molecule has 0 saturated carbocycles. The van der Waals surface area contributed by atoms with Gasteiger partial charge in [-0.05, 0) is 25.8 Å². The molecule has 104 valence electrons. The van der Waals surface area contributed by atoms with E-state index in [2.05, 4.69) is 10.6 Å². The van der Waals surface area contributed by atoms with E-state index in [1.807, 2.05) is 0 Å². The normalized spacial score (nSPS) is 32.4. The molecule has 5 nitrogen and oxygen atoms in total. The van der Waals surface area contributed by atoms with Crippen LogP contribution in [0.25, 0.3) is 0 Å². The van der Waals surface area contributed by atoms with Gasteiger partial charge in [-0.25, -0.2) is 0 Å². The molecule has 2 fully saturated rings. The van der Waals surface area contributed by atoms with Gasteiger partial charge in [-0.15, -0.1) is 0 Å². The zero-order chi connectivity index (χ0) is 12.8. The summed E-state index contributed by atoms with van der Waals surface area (Å²) in [6.07, 6.45) is 5.71. The fraction of sp³-hybridized carbons (Fsp3) is 0.923. The zero-order valence-corrected chi connectivity index (χ0v) is 10.9. The Morgan fingerprint density at radius 1 is 1.50 bits per heavy atom. The molecule has 2 saturated heterocycles. The maximum atomic E-state index is 11.7. The van der Waals surface area contributed by atoms with E-state index in [0.717, 1.165) is 13.0 Å². The van der Waals surface area contributed by atoms with Crippen molar-refractivity contribution in [3.05, 3.63) is 0 Å². The van der Waals surface area contributed by atoms with Crippen LogP contribution in [0.15, 0.2) is 0 Å².